The Morgan fingerprint density at radius 3 is 2.52 bits per heavy atom. The van der Waals surface area contributed by atoms with Crippen molar-refractivity contribution in [1.82, 2.24) is 14.8 Å². The SMILES string of the molecule is Cc1ccc(S(=O)(=O)Cc2nnc(SCc3c(F)cccc3Cl)n2C)cc1. The van der Waals surface area contributed by atoms with E-state index in [2.05, 4.69) is 10.2 Å². The highest BCUT2D eigenvalue weighted by molar-refractivity contribution is 7.98. The number of thioether (sulfide) groups is 1. The average Bonchev–Trinajstić information content (AvgIpc) is 2.94. The minimum Gasteiger partial charge on any atom is -0.308 e. The number of benzene rings is 2. The standard InChI is InChI=1S/C18H17ClFN3O2S2/c1-12-6-8-13(9-7-12)27(24,25)11-17-21-22-18(23(17)2)26-10-14-15(19)4-3-5-16(14)20/h3-9H,10-11H2,1-2H3. The van der Waals surface area contributed by atoms with Gasteiger partial charge in [-0.15, -0.1) is 10.2 Å². The van der Waals surface area contributed by atoms with Gasteiger partial charge >= 0.3 is 0 Å². The van der Waals surface area contributed by atoms with Crippen LogP contribution in [0.1, 0.15) is 17.0 Å². The molecule has 1 aromatic heterocycles. The van der Waals surface area contributed by atoms with Crippen LogP contribution in [-0.4, -0.2) is 23.2 Å². The highest BCUT2D eigenvalue weighted by Crippen LogP contribution is 2.28. The summed E-state index contributed by atoms with van der Waals surface area (Å²) in [5.74, 6) is -0.0694. The van der Waals surface area contributed by atoms with E-state index in [1.165, 1.54) is 17.8 Å². The summed E-state index contributed by atoms with van der Waals surface area (Å²) in [4.78, 5) is 0.239. The highest BCUT2D eigenvalue weighted by Gasteiger charge is 2.20. The highest BCUT2D eigenvalue weighted by atomic mass is 35.5. The van der Waals surface area contributed by atoms with Gasteiger partial charge in [-0.3, -0.25) is 0 Å². The molecule has 0 saturated heterocycles. The van der Waals surface area contributed by atoms with Crippen molar-refractivity contribution in [3.63, 3.8) is 0 Å². The van der Waals surface area contributed by atoms with E-state index in [4.69, 9.17) is 11.6 Å². The Morgan fingerprint density at radius 2 is 1.85 bits per heavy atom. The molecule has 0 aliphatic heterocycles. The van der Waals surface area contributed by atoms with Crippen LogP contribution in [0.4, 0.5) is 4.39 Å². The van der Waals surface area contributed by atoms with Crippen LogP contribution < -0.4 is 0 Å². The van der Waals surface area contributed by atoms with Gasteiger partial charge < -0.3 is 4.57 Å². The molecule has 0 aliphatic carbocycles. The van der Waals surface area contributed by atoms with E-state index in [-0.39, 0.29) is 22.2 Å². The lowest BCUT2D eigenvalue weighted by molar-refractivity contribution is 0.591. The lowest BCUT2D eigenvalue weighted by Gasteiger charge is -2.07. The summed E-state index contributed by atoms with van der Waals surface area (Å²) in [6, 6.07) is 11.2. The number of halogens is 2. The molecule has 0 spiro atoms. The number of aryl methyl sites for hydroxylation is 1. The van der Waals surface area contributed by atoms with Crippen molar-refractivity contribution < 1.29 is 12.8 Å². The summed E-state index contributed by atoms with van der Waals surface area (Å²) < 4.78 is 40.7. The predicted octanol–water partition coefficient (Wildman–Crippen LogP) is 4.18. The molecule has 0 saturated carbocycles. The molecule has 0 fully saturated rings. The maximum Gasteiger partial charge on any atom is 0.191 e. The van der Waals surface area contributed by atoms with Crippen LogP contribution in [0.25, 0.3) is 0 Å². The van der Waals surface area contributed by atoms with Crippen LogP contribution in [-0.2, 0) is 28.4 Å². The van der Waals surface area contributed by atoms with Crippen LogP contribution in [0.15, 0.2) is 52.5 Å². The third kappa shape index (κ3) is 4.51. The van der Waals surface area contributed by atoms with Gasteiger partial charge in [-0.2, -0.15) is 0 Å². The van der Waals surface area contributed by atoms with Crippen molar-refractivity contribution in [3.8, 4) is 0 Å². The second-order valence-corrected chi connectivity index (χ2v) is 9.36. The normalized spacial score (nSPS) is 11.7. The molecular weight excluding hydrogens is 409 g/mol. The molecule has 2 aromatic carbocycles. The van der Waals surface area contributed by atoms with Crippen molar-refractivity contribution in [2.75, 3.05) is 0 Å². The lowest BCUT2D eigenvalue weighted by atomic mass is 10.2. The first-order valence-electron chi connectivity index (χ1n) is 8.01. The first kappa shape index (κ1) is 19.9. The number of sulfone groups is 1. The molecule has 9 heteroatoms. The quantitative estimate of drug-likeness (QED) is 0.554. The molecule has 3 aromatic rings. The summed E-state index contributed by atoms with van der Waals surface area (Å²) in [5.41, 5.74) is 1.36. The fraction of sp³-hybridized carbons (Fsp3) is 0.222. The molecule has 0 atom stereocenters. The minimum absolute atomic E-state index is 0.239. The third-order valence-electron chi connectivity index (χ3n) is 4.03. The molecule has 0 amide bonds. The van der Waals surface area contributed by atoms with E-state index >= 15 is 0 Å². The number of aromatic nitrogens is 3. The van der Waals surface area contributed by atoms with Gasteiger partial charge in [0.25, 0.3) is 0 Å². The number of rotatable bonds is 6. The van der Waals surface area contributed by atoms with Crippen LogP contribution in [0.2, 0.25) is 5.02 Å². The van der Waals surface area contributed by atoms with Crippen LogP contribution in [0.5, 0.6) is 0 Å². The second kappa shape index (κ2) is 8.00. The zero-order chi connectivity index (χ0) is 19.6. The molecule has 0 unspecified atom stereocenters. The zero-order valence-electron chi connectivity index (χ0n) is 14.7. The van der Waals surface area contributed by atoms with Crippen molar-refractivity contribution in [2.24, 2.45) is 7.05 Å². The van der Waals surface area contributed by atoms with E-state index in [0.717, 1.165) is 5.56 Å². The molecule has 0 N–H and O–H groups in total. The van der Waals surface area contributed by atoms with Crippen LogP contribution in [0.3, 0.4) is 0 Å². The first-order valence-corrected chi connectivity index (χ1v) is 11.0. The molecular formula is C18H17ClFN3O2S2. The van der Waals surface area contributed by atoms with Gasteiger partial charge in [-0.25, -0.2) is 12.8 Å². The Balaban J connectivity index is 1.76. The molecule has 3 rings (SSSR count). The molecule has 1 heterocycles. The smallest absolute Gasteiger partial charge is 0.191 e. The zero-order valence-corrected chi connectivity index (χ0v) is 17.1. The summed E-state index contributed by atoms with van der Waals surface area (Å²) in [6.07, 6.45) is 0. The molecule has 142 valence electrons. The number of nitrogens with zero attached hydrogens (tertiary/aromatic N) is 3. The second-order valence-electron chi connectivity index (χ2n) is 6.02. The van der Waals surface area contributed by atoms with E-state index in [1.807, 2.05) is 6.92 Å². The Kier molecular flexibility index (Phi) is 5.88. The van der Waals surface area contributed by atoms with Crippen molar-refractivity contribution in [2.45, 2.75) is 28.5 Å². The van der Waals surface area contributed by atoms with Gasteiger partial charge in [0.2, 0.25) is 0 Å². The third-order valence-corrected chi connectivity index (χ3v) is 7.06. The molecule has 0 radical (unpaired) electrons. The van der Waals surface area contributed by atoms with Gasteiger partial charge in [-0.1, -0.05) is 47.1 Å². The number of hydrogen-bond acceptors (Lipinski definition) is 5. The predicted molar refractivity (Wildman–Crippen MR) is 104 cm³/mol. The van der Waals surface area contributed by atoms with Crippen molar-refractivity contribution in [3.05, 3.63) is 70.3 Å². The summed E-state index contributed by atoms with van der Waals surface area (Å²) >= 11 is 7.27. The Hall–Kier alpha value is -1.90. The Morgan fingerprint density at radius 1 is 1.15 bits per heavy atom. The number of hydrogen-bond donors (Lipinski definition) is 0. The van der Waals surface area contributed by atoms with Crippen molar-refractivity contribution >= 4 is 33.2 Å². The largest absolute Gasteiger partial charge is 0.308 e. The maximum atomic E-state index is 13.9. The summed E-state index contributed by atoms with van der Waals surface area (Å²) in [5, 5.41) is 8.84. The topological polar surface area (TPSA) is 64.8 Å². The van der Waals surface area contributed by atoms with Crippen molar-refractivity contribution in [1.29, 1.82) is 0 Å². The Bertz CT molecular complexity index is 1050. The molecule has 5 nitrogen and oxygen atoms in total. The average molecular weight is 426 g/mol. The lowest BCUT2D eigenvalue weighted by Crippen LogP contribution is -2.09. The van der Waals surface area contributed by atoms with Gasteiger partial charge in [0.15, 0.2) is 15.0 Å². The maximum absolute atomic E-state index is 13.9. The molecule has 0 aliphatic rings. The summed E-state index contributed by atoms with van der Waals surface area (Å²) in [6.45, 7) is 1.89. The molecule has 0 bridgehead atoms. The first-order chi connectivity index (χ1) is 12.8. The van der Waals surface area contributed by atoms with E-state index in [9.17, 15) is 12.8 Å². The van der Waals surface area contributed by atoms with E-state index < -0.39 is 9.84 Å². The fourth-order valence-corrected chi connectivity index (χ4v) is 4.98. The monoisotopic (exact) mass is 425 g/mol. The van der Waals surface area contributed by atoms with Gasteiger partial charge in [0, 0.05) is 23.4 Å². The van der Waals surface area contributed by atoms with E-state index in [1.54, 1.807) is 48.0 Å². The van der Waals surface area contributed by atoms with Gasteiger partial charge in [-0.05, 0) is 31.2 Å². The Labute approximate surface area is 166 Å². The molecule has 27 heavy (non-hydrogen) atoms. The van der Waals surface area contributed by atoms with Crippen LogP contribution >= 0.6 is 23.4 Å². The van der Waals surface area contributed by atoms with Gasteiger partial charge in [0.1, 0.15) is 17.4 Å². The minimum atomic E-state index is -3.53. The summed E-state index contributed by atoms with van der Waals surface area (Å²) in [7, 11) is -1.85. The van der Waals surface area contributed by atoms with Gasteiger partial charge in [0.05, 0.1) is 4.90 Å². The van der Waals surface area contributed by atoms with E-state index in [0.29, 0.717) is 21.6 Å². The van der Waals surface area contributed by atoms with Crippen LogP contribution in [0, 0.1) is 12.7 Å². The fourth-order valence-electron chi connectivity index (χ4n) is 2.40.